The molecule has 0 spiro atoms. The molecule has 0 saturated heterocycles. The van der Waals surface area contributed by atoms with Crippen molar-refractivity contribution in [3.8, 4) is 11.4 Å². The van der Waals surface area contributed by atoms with E-state index in [1.807, 2.05) is 34.9 Å². The first-order valence-corrected chi connectivity index (χ1v) is 10.3. The first-order chi connectivity index (χ1) is 14.5. The fraction of sp³-hybridized carbons (Fsp3) is 0.143. The monoisotopic (exact) mass is 442 g/mol. The molecule has 0 aliphatic carbocycles. The fourth-order valence-corrected chi connectivity index (χ4v) is 3.58. The van der Waals surface area contributed by atoms with E-state index in [1.54, 1.807) is 6.08 Å². The van der Waals surface area contributed by atoms with Crippen molar-refractivity contribution in [2.45, 2.75) is 11.7 Å². The van der Waals surface area contributed by atoms with E-state index in [0.717, 1.165) is 5.56 Å². The number of hydrogen-bond acceptors (Lipinski definition) is 6. The lowest BCUT2D eigenvalue weighted by molar-refractivity contribution is -0.113. The number of amides is 1. The summed E-state index contributed by atoms with van der Waals surface area (Å²) >= 11 is 7.38. The standard InChI is InChI=1S/C21H19ClN4O3S/c1-3-11-26-19(14-7-5-4-6-8-14)24-25-21(26)30-13-18(27)23-17-12-15(20(28)29-2)9-10-16(17)22/h3-10,12H,1,11,13H2,2H3,(H,23,27). The van der Waals surface area contributed by atoms with E-state index < -0.39 is 5.97 Å². The topological polar surface area (TPSA) is 86.1 Å². The Morgan fingerprint density at radius 3 is 2.70 bits per heavy atom. The molecular formula is C21H19ClN4O3S. The highest BCUT2D eigenvalue weighted by Gasteiger charge is 2.16. The number of methoxy groups -OCH3 is 1. The Hall–Kier alpha value is -3.10. The molecule has 3 aromatic rings. The van der Waals surface area contributed by atoms with Gasteiger partial charge in [-0.1, -0.05) is 59.8 Å². The summed E-state index contributed by atoms with van der Waals surface area (Å²) in [6.07, 6.45) is 1.75. The number of nitrogens with one attached hydrogen (secondary N) is 1. The van der Waals surface area contributed by atoms with E-state index in [2.05, 4.69) is 22.1 Å². The molecule has 0 aliphatic heterocycles. The number of benzene rings is 2. The second-order valence-corrected chi connectivity index (χ2v) is 7.44. The number of thioether (sulfide) groups is 1. The first kappa shape index (κ1) is 21.6. The molecular weight excluding hydrogens is 424 g/mol. The van der Waals surface area contributed by atoms with Gasteiger partial charge in [-0.05, 0) is 18.2 Å². The maximum absolute atomic E-state index is 12.5. The van der Waals surface area contributed by atoms with Gasteiger partial charge in [0.1, 0.15) is 0 Å². The van der Waals surface area contributed by atoms with Crippen LogP contribution in [0.1, 0.15) is 10.4 Å². The Balaban J connectivity index is 1.72. The minimum atomic E-state index is -0.512. The molecule has 7 nitrogen and oxygen atoms in total. The van der Waals surface area contributed by atoms with Gasteiger partial charge in [-0.2, -0.15) is 0 Å². The molecule has 0 unspecified atom stereocenters. The number of allylic oxidation sites excluding steroid dienone is 1. The maximum atomic E-state index is 12.5. The summed E-state index contributed by atoms with van der Waals surface area (Å²) in [5.74, 6) is -0.0175. The first-order valence-electron chi connectivity index (χ1n) is 8.93. The minimum absolute atomic E-state index is 0.0862. The summed E-state index contributed by atoms with van der Waals surface area (Å²) in [6.45, 7) is 4.29. The highest BCUT2D eigenvalue weighted by Crippen LogP contribution is 2.26. The van der Waals surface area contributed by atoms with Crippen LogP contribution in [0, 0.1) is 0 Å². The summed E-state index contributed by atoms with van der Waals surface area (Å²) in [4.78, 5) is 24.1. The van der Waals surface area contributed by atoms with Crippen LogP contribution in [0.3, 0.4) is 0 Å². The maximum Gasteiger partial charge on any atom is 0.337 e. The number of carbonyl (C=O) groups is 2. The Bertz CT molecular complexity index is 1070. The van der Waals surface area contributed by atoms with Crippen LogP contribution in [0.2, 0.25) is 5.02 Å². The van der Waals surface area contributed by atoms with Gasteiger partial charge >= 0.3 is 5.97 Å². The van der Waals surface area contributed by atoms with Crippen LogP contribution in [0.5, 0.6) is 0 Å². The van der Waals surface area contributed by atoms with Crippen molar-refractivity contribution in [1.29, 1.82) is 0 Å². The predicted octanol–water partition coefficient (Wildman–Crippen LogP) is 4.30. The van der Waals surface area contributed by atoms with Gasteiger partial charge < -0.3 is 10.1 Å². The number of nitrogens with zero attached hydrogens (tertiary/aromatic N) is 3. The minimum Gasteiger partial charge on any atom is -0.465 e. The van der Waals surface area contributed by atoms with Crippen molar-refractivity contribution in [1.82, 2.24) is 14.8 Å². The van der Waals surface area contributed by atoms with Gasteiger partial charge in [0.2, 0.25) is 5.91 Å². The van der Waals surface area contributed by atoms with E-state index in [1.165, 1.54) is 37.1 Å². The molecule has 3 rings (SSSR count). The van der Waals surface area contributed by atoms with E-state index in [0.29, 0.717) is 33.8 Å². The highest BCUT2D eigenvalue weighted by atomic mass is 35.5. The zero-order valence-electron chi connectivity index (χ0n) is 16.2. The number of carbonyl (C=O) groups excluding carboxylic acids is 2. The lowest BCUT2D eigenvalue weighted by atomic mass is 10.2. The van der Waals surface area contributed by atoms with Crippen LogP contribution in [-0.4, -0.2) is 39.5 Å². The number of ether oxygens (including phenoxy) is 1. The third kappa shape index (κ3) is 5.08. The highest BCUT2D eigenvalue weighted by molar-refractivity contribution is 7.99. The summed E-state index contributed by atoms with van der Waals surface area (Å²) in [5, 5.41) is 12.1. The van der Waals surface area contributed by atoms with Gasteiger partial charge in [0.25, 0.3) is 0 Å². The van der Waals surface area contributed by atoms with Crippen molar-refractivity contribution in [3.63, 3.8) is 0 Å². The number of halogens is 1. The van der Waals surface area contributed by atoms with Crippen LogP contribution in [0.25, 0.3) is 11.4 Å². The Morgan fingerprint density at radius 1 is 1.23 bits per heavy atom. The van der Waals surface area contributed by atoms with E-state index in [9.17, 15) is 9.59 Å². The average Bonchev–Trinajstić information content (AvgIpc) is 3.16. The van der Waals surface area contributed by atoms with E-state index in [-0.39, 0.29) is 11.7 Å². The van der Waals surface area contributed by atoms with Gasteiger partial charge in [0.15, 0.2) is 11.0 Å². The number of hydrogen-bond donors (Lipinski definition) is 1. The molecule has 1 heterocycles. The smallest absolute Gasteiger partial charge is 0.337 e. The SMILES string of the molecule is C=CCn1c(SCC(=O)Nc2cc(C(=O)OC)ccc2Cl)nnc1-c1ccccc1. The zero-order chi connectivity index (χ0) is 21.5. The van der Waals surface area contributed by atoms with E-state index >= 15 is 0 Å². The van der Waals surface area contributed by atoms with Gasteiger partial charge in [-0.25, -0.2) is 4.79 Å². The largest absolute Gasteiger partial charge is 0.465 e. The number of aromatic nitrogens is 3. The molecule has 0 aliphatic rings. The Labute approximate surface area is 183 Å². The van der Waals surface area contributed by atoms with Crippen LogP contribution < -0.4 is 5.32 Å². The molecule has 0 saturated carbocycles. The molecule has 1 amide bonds. The van der Waals surface area contributed by atoms with Crippen molar-refractivity contribution in [2.24, 2.45) is 0 Å². The number of esters is 1. The second-order valence-electron chi connectivity index (χ2n) is 6.09. The molecule has 0 fully saturated rings. The molecule has 154 valence electrons. The lowest BCUT2D eigenvalue weighted by Gasteiger charge is -2.10. The van der Waals surface area contributed by atoms with Crippen LogP contribution in [0.4, 0.5) is 5.69 Å². The Kier molecular flexibility index (Phi) is 7.26. The quantitative estimate of drug-likeness (QED) is 0.318. The predicted molar refractivity (Wildman–Crippen MR) is 118 cm³/mol. The molecule has 0 atom stereocenters. The lowest BCUT2D eigenvalue weighted by Crippen LogP contribution is -2.15. The van der Waals surface area contributed by atoms with Gasteiger partial charge in [-0.15, -0.1) is 16.8 Å². The molecule has 30 heavy (non-hydrogen) atoms. The van der Waals surface area contributed by atoms with Crippen molar-refractivity contribution in [2.75, 3.05) is 18.2 Å². The van der Waals surface area contributed by atoms with Crippen LogP contribution >= 0.6 is 23.4 Å². The average molecular weight is 443 g/mol. The number of anilines is 1. The van der Waals surface area contributed by atoms with Crippen molar-refractivity contribution >= 4 is 40.9 Å². The third-order valence-electron chi connectivity index (χ3n) is 4.05. The zero-order valence-corrected chi connectivity index (χ0v) is 17.7. The molecule has 0 bridgehead atoms. The second kappa shape index (κ2) is 10.1. The fourth-order valence-electron chi connectivity index (χ4n) is 2.67. The molecule has 1 aromatic heterocycles. The summed E-state index contributed by atoms with van der Waals surface area (Å²) in [5.41, 5.74) is 1.56. The van der Waals surface area contributed by atoms with Crippen molar-refractivity contribution < 1.29 is 14.3 Å². The van der Waals surface area contributed by atoms with E-state index in [4.69, 9.17) is 16.3 Å². The van der Waals surface area contributed by atoms with Gasteiger partial charge in [-0.3, -0.25) is 9.36 Å². The summed E-state index contributed by atoms with van der Waals surface area (Å²) in [7, 11) is 1.29. The Morgan fingerprint density at radius 2 is 2.00 bits per heavy atom. The van der Waals surface area contributed by atoms with Gasteiger partial charge in [0, 0.05) is 12.1 Å². The van der Waals surface area contributed by atoms with Crippen LogP contribution in [0.15, 0.2) is 66.3 Å². The molecule has 1 N–H and O–H groups in total. The molecule has 9 heteroatoms. The molecule has 0 radical (unpaired) electrons. The summed E-state index contributed by atoms with van der Waals surface area (Å²) in [6, 6.07) is 14.2. The number of rotatable bonds is 8. The normalized spacial score (nSPS) is 10.5. The van der Waals surface area contributed by atoms with Crippen molar-refractivity contribution in [3.05, 3.63) is 71.8 Å². The summed E-state index contributed by atoms with van der Waals surface area (Å²) < 4.78 is 6.59. The van der Waals surface area contributed by atoms with Gasteiger partial charge in [0.05, 0.1) is 29.1 Å². The third-order valence-corrected chi connectivity index (χ3v) is 5.35. The molecule has 2 aromatic carbocycles. The van der Waals surface area contributed by atoms with Crippen LogP contribution in [-0.2, 0) is 16.1 Å².